The number of carboxylic acid groups (broad SMARTS) is 1. The smallest absolute Gasteiger partial charge is 0.326 e. The molecule has 1 aliphatic heterocycles. The summed E-state index contributed by atoms with van der Waals surface area (Å²) in [6.45, 7) is 0. The largest absolute Gasteiger partial charge is 0.480 e. The molecule has 0 aliphatic carbocycles. The van der Waals surface area contributed by atoms with Crippen LogP contribution in [0, 0.1) is 0 Å². The van der Waals surface area contributed by atoms with E-state index in [9.17, 15) is 22.8 Å². The van der Waals surface area contributed by atoms with Gasteiger partial charge in [0, 0.05) is 5.25 Å². The Kier molecular flexibility index (Phi) is 6.46. The number of carboxylic acids is 1. The molecule has 0 aromatic heterocycles. The van der Waals surface area contributed by atoms with Crippen LogP contribution in [0.15, 0.2) is 0 Å². The molecule has 0 aromatic rings. The maximum atomic E-state index is 11.6. The van der Waals surface area contributed by atoms with Crippen LogP contribution in [0.5, 0.6) is 0 Å². The molecule has 1 aliphatic rings. The summed E-state index contributed by atoms with van der Waals surface area (Å²) in [7, 11) is -1.88. The quantitative estimate of drug-likeness (QED) is 0.568. The number of rotatable bonds is 7. The van der Waals surface area contributed by atoms with Crippen LogP contribution < -0.4 is 5.32 Å². The number of ether oxygens (including phenoxy) is 1. The topological polar surface area (TPSA) is 127 Å². The summed E-state index contributed by atoms with van der Waals surface area (Å²) < 4.78 is 26.9. The fraction of sp³-hybridized carbons (Fsp3) is 0.727. The molecule has 1 unspecified atom stereocenters. The molecule has 8 nitrogen and oxygen atoms in total. The van der Waals surface area contributed by atoms with Gasteiger partial charge in [0.15, 0.2) is 9.84 Å². The first-order chi connectivity index (χ1) is 9.73. The highest BCUT2D eigenvalue weighted by Crippen LogP contribution is 2.23. The number of carbonyl (C=O) groups is 3. The van der Waals surface area contributed by atoms with E-state index < -0.39 is 40.1 Å². The van der Waals surface area contributed by atoms with Gasteiger partial charge in [-0.2, -0.15) is 0 Å². The number of esters is 1. The lowest BCUT2D eigenvalue weighted by molar-refractivity contribution is -0.148. The molecule has 2 atom stereocenters. The number of carbonyl (C=O) groups excluding carboxylic acids is 2. The van der Waals surface area contributed by atoms with Gasteiger partial charge >= 0.3 is 11.9 Å². The highest BCUT2D eigenvalue weighted by Gasteiger charge is 2.29. The van der Waals surface area contributed by atoms with Crippen LogP contribution in [0.4, 0.5) is 0 Å². The van der Waals surface area contributed by atoms with Crippen molar-refractivity contribution in [2.24, 2.45) is 0 Å². The minimum absolute atomic E-state index is 0.0372. The zero-order valence-electron chi connectivity index (χ0n) is 11.4. The molecule has 21 heavy (non-hydrogen) atoms. The first-order valence-corrected chi connectivity index (χ1v) is 9.01. The van der Waals surface area contributed by atoms with E-state index in [0.29, 0.717) is 6.42 Å². The zero-order valence-corrected chi connectivity index (χ0v) is 13.0. The van der Waals surface area contributed by atoms with Gasteiger partial charge < -0.3 is 15.2 Å². The van der Waals surface area contributed by atoms with E-state index in [2.05, 4.69) is 10.1 Å². The highest BCUT2D eigenvalue weighted by molar-refractivity contribution is 8.02. The van der Waals surface area contributed by atoms with Crippen LogP contribution >= 0.6 is 11.8 Å². The van der Waals surface area contributed by atoms with Crippen LogP contribution in [0.25, 0.3) is 0 Å². The van der Waals surface area contributed by atoms with Gasteiger partial charge in [-0.15, -0.1) is 11.8 Å². The van der Waals surface area contributed by atoms with Crippen LogP contribution in [0.2, 0.25) is 0 Å². The van der Waals surface area contributed by atoms with Gasteiger partial charge in [0.2, 0.25) is 5.91 Å². The zero-order chi connectivity index (χ0) is 16.0. The van der Waals surface area contributed by atoms with Crippen molar-refractivity contribution in [2.75, 3.05) is 24.4 Å². The van der Waals surface area contributed by atoms with E-state index in [0.717, 1.165) is 7.11 Å². The summed E-state index contributed by atoms with van der Waals surface area (Å²) in [4.78, 5) is 33.6. The molecule has 0 aromatic carbocycles. The second-order valence-corrected chi connectivity index (χ2v) is 8.09. The van der Waals surface area contributed by atoms with Crippen molar-refractivity contribution in [1.82, 2.24) is 5.32 Å². The fourth-order valence-corrected chi connectivity index (χ4v) is 5.23. The fourth-order valence-electron chi connectivity index (χ4n) is 1.77. The number of aliphatic carboxylic acids is 1. The van der Waals surface area contributed by atoms with E-state index in [-0.39, 0.29) is 22.5 Å². The third-order valence-electron chi connectivity index (χ3n) is 2.87. The minimum Gasteiger partial charge on any atom is -0.480 e. The first-order valence-electron chi connectivity index (χ1n) is 6.14. The second-order valence-electron chi connectivity index (χ2n) is 4.57. The number of thioether (sulfide) groups is 1. The van der Waals surface area contributed by atoms with Gasteiger partial charge in [-0.1, -0.05) is 0 Å². The maximum Gasteiger partial charge on any atom is 0.326 e. The molecular formula is C11H17NO7S2. The number of hydrogen-bond acceptors (Lipinski definition) is 7. The van der Waals surface area contributed by atoms with Crippen molar-refractivity contribution < 1.29 is 32.6 Å². The van der Waals surface area contributed by atoms with E-state index in [1.54, 1.807) is 0 Å². The Bertz CT molecular complexity index is 517. The minimum atomic E-state index is -3.01. The van der Waals surface area contributed by atoms with Crippen LogP contribution in [-0.4, -0.2) is 67.0 Å². The van der Waals surface area contributed by atoms with Crippen LogP contribution in [0.1, 0.15) is 12.8 Å². The summed E-state index contributed by atoms with van der Waals surface area (Å²) >= 11 is 1.17. The average molecular weight is 339 g/mol. The van der Waals surface area contributed by atoms with E-state index in [1.807, 2.05) is 0 Å². The lowest BCUT2D eigenvalue weighted by atomic mass is 10.2. The molecule has 1 fully saturated rings. The molecule has 0 radical (unpaired) electrons. The predicted molar refractivity (Wildman–Crippen MR) is 75.7 cm³/mol. The molecule has 10 heteroatoms. The molecule has 120 valence electrons. The number of sulfone groups is 1. The Morgan fingerprint density at radius 2 is 2.10 bits per heavy atom. The first kappa shape index (κ1) is 17.8. The Labute approximate surface area is 126 Å². The molecule has 1 heterocycles. The Morgan fingerprint density at radius 1 is 1.43 bits per heavy atom. The molecule has 1 saturated heterocycles. The van der Waals surface area contributed by atoms with Gasteiger partial charge in [-0.3, -0.25) is 9.59 Å². The van der Waals surface area contributed by atoms with Crippen molar-refractivity contribution in [1.29, 1.82) is 0 Å². The summed E-state index contributed by atoms with van der Waals surface area (Å²) in [5.41, 5.74) is 0. The number of hydrogen-bond donors (Lipinski definition) is 2. The summed E-state index contributed by atoms with van der Waals surface area (Å²) in [5, 5.41) is 11.0. The van der Waals surface area contributed by atoms with Gasteiger partial charge in [-0.25, -0.2) is 13.2 Å². The van der Waals surface area contributed by atoms with Gasteiger partial charge in [0.05, 0.1) is 30.8 Å². The summed E-state index contributed by atoms with van der Waals surface area (Å²) in [5.74, 6) is -2.52. The van der Waals surface area contributed by atoms with Crippen LogP contribution in [-0.2, 0) is 29.0 Å². The van der Waals surface area contributed by atoms with Crippen molar-refractivity contribution in [3.8, 4) is 0 Å². The molecule has 2 N–H and O–H groups in total. The third kappa shape index (κ3) is 6.34. The van der Waals surface area contributed by atoms with Gasteiger partial charge in [-0.05, 0) is 6.42 Å². The molecule has 1 amide bonds. The Balaban J connectivity index is 2.40. The molecule has 1 rings (SSSR count). The lowest BCUT2D eigenvalue weighted by Gasteiger charge is -2.14. The summed E-state index contributed by atoms with van der Waals surface area (Å²) in [6, 6.07) is -1.35. The Morgan fingerprint density at radius 3 is 2.57 bits per heavy atom. The van der Waals surface area contributed by atoms with Crippen molar-refractivity contribution in [3.05, 3.63) is 0 Å². The molecular weight excluding hydrogens is 322 g/mol. The van der Waals surface area contributed by atoms with Crippen LogP contribution in [0.3, 0.4) is 0 Å². The molecule has 0 saturated carbocycles. The molecule has 0 bridgehead atoms. The molecule has 0 spiro atoms. The van der Waals surface area contributed by atoms with E-state index >= 15 is 0 Å². The predicted octanol–water partition coefficient (Wildman–Crippen LogP) is -0.961. The monoisotopic (exact) mass is 339 g/mol. The second kappa shape index (κ2) is 7.64. The number of methoxy groups -OCH3 is 1. The standard InChI is InChI=1S/C11H17NO7S2/c1-19-10(14)4-8(11(15)16)12-9(13)5-20-7-2-3-21(17,18)6-7/h7-8H,2-6H2,1H3,(H,12,13)(H,15,16)/t7?,8-/m0/s1. The van der Waals surface area contributed by atoms with E-state index in [4.69, 9.17) is 5.11 Å². The van der Waals surface area contributed by atoms with Crippen molar-refractivity contribution >= 4 is 39.4 Å². The summed E-state index contributed by atoms with van der Waals surface area (Å²) in [6.07, 6.45) is 0.0326. The third-order valence-corrected chi connectivity index (χ3v) is 6.15. The Hall–Kier alpha value is -1.29. The van der Waals surface area contributed by atoms with E-state index in [1.165, 1.54) is 11.8 Å². The number of nitrogens with one attached hydrogen (secondary N) is 1. The SMILES string of the molecule is COC(=O)C[C@H](NC(=O)CSC1CCS(=O)(=O)C1)C(=O)O. The van der Waals surface area contributed by atoms with Gasteiger partial charge in [0.1, 0.15) is 6.04 Å². The highest BCUT2D eigenvalue weighted by atomic mass is 32.2. The number of amides is 1. The van der Waals surface area contributed by atoms with Crippen molar-refractivity contribution in [3.63, 3.8) is 0 Å². The normalized spacial score (nSPS) is 21.5. The maximum absolute atomic E-state index is 11.6. The average Bonchev–Trinajstić information content (AvgIpc) is 2.74. The van der Waals surface area contributed by atoms with Gasteiger partial charge in [0.25, 0.3) is 0 Å². The lowest BCUT2D eigenvalue weighted by Crippen LogP contribution is -2.43. The van der Waals surface area contributed by atoms with Crippen molar-refractivity contribution in [2.45, 2.75) is 24.1 Å².